The summed E-state index contributed by atoms with van der Waals surface area (Å²) in [6.07, 6.45) is 4.10. The number of imide groups is 1. The molecule has 0 bridgehead atoms. The molecule has 1 saturated carbocycles. The second kappa shape index (κ2) is 8.43. The van der Waals surface area contributed by atoms with Gasteiger partial charge in [-0.2, -0.15) is 0 Å². The molecular weight excluding hydrogens is 384 g/mol. The standard InChI is InChI=1S/C18H24N4O3S2/c1-4-19-17(25)20-13(23)9-26-18-21-15-14(10(2)11(3)27-15)16(24)22(18)12-7-5-6-8-12/h12H,4-9H2,1-3H3,(H2,19,20,23,25). The van der Waals surface area contributed by atoms with Crippen molar-refractivity contribution >= 4 is 45.3 Å². The normalized spacial score (nSPS) is 14.6. The number of aromatic nitrogens is 2. The number of nitrogens with one attached hydrogen (secondary N) is 2. The van der Waals surface area contributed by atoms with Crippen LogP contribution in [0.3, 0.4) is 0 Å². The van der Waals surface area contributed by atoms with E-state index in [1.54, 1.807) is 11.5 Å². The molecule has 0 saturated heterocycles. The molecule has 2 N–H and O–H groups in total. The van der Waals surface area contributed by atoms with E-state index in [0.717, 1.165) is 41.0 Å². The first-order chi connectivity index (χ1) is 12.9. The average molecular weight is 409 g/mol. The van der Waals surface area contributed by atoms with E-state index in [2.05, 4.69) is 10.6 Å². The van der Waals surface area contributed by atoms with Crippen molar-refractivity contribution in [1.29, 1.82) is 0 Å². The van der Waals surface area contributed by atoms with Gasteiger partial charge in [0.1, 0.15) is 4.83 Å². The molecule has 0 spiro atoms. The van der Waals surface area contributed by atoms with Gasteiger partial charge in [0.25, 0.3) is 5.56 Å². The number of hydrogen-bond donors (Lipinski definition) is 2. The lowest BCUT2D eigenvalue weighted by Gasteiger charge is -2.18. The first kappa shape index (κ1) is 19.9. The maximum Gasteiger partial charge on any atom is 0.321 e. The van der Waals surface area contributed by atoms with Crippen molar-refractivity contribution in [3.63, 3.8) is 0 Å². The van der Waals surface area contributed by atoms with Crippen molar-refractivity contribution in [3.05, 3.63) is 20.8 Å². The fourth-order valence-corrected chi connectivity index (χ4v) is 5.31. The van der Waals surface area contributed by atoms with Crippen molar-refractivity contribution in [2.24, 2.45) is 0 Å². The Morgan fingerprint density at radius 2 is 2.00 bits per heavy atom. The van der Waals surface area contributed by atoms with Crippen LogP contribution in [0.1, 0.15) is 49.1 Å². The minimum absolute atomic E-state index is 0.0135. The van der Waals surface area contributed by atoms with Crippen molar-refractivity contribution in [3.8, 4) is 0 Å². The van der Waals surface area contributed by atoms with Gasteiger partial charge in [-0.15, -0.1) is 11.3 Å². The number of rotatable bonds is 5. The lowest BCUT2D eigenvalue weighted by Crippen LogP contribution is -2.40. The van der Waals surface area contributed by atoms with Gasteiger partial charge in [0.2, 0.25) is 5.91 Å². The van der Waals surface area contributed by atoms with Gasteiger partial charge in [0, 0.05) is 17.5 Å². The lowest BCUT2D eigenvalue weighted by atomic mass is 10.2. The quantitative estimate of drug-likeness (QED) is 0.586. The zero-order valence-corrected chi connectivity index (χ0v) is 17.4. The Hall–Kier alpha value is -1.87. The highest BCUT2D eigenvalue weighted by Gasteiger charge is 2.25. The molecule has 3 rings (SSSR count). The number of carbonyl (C=O) groups is 2. The number of amides is 3. The molecule has 2 heterocycles. The van der Waals surface area contributed by atoms with E-state index < -0.39 is 11.9 Å². The highest BCUT2D eigenvalue weighted by atomic mass is 32.2. The molecule has 2 aromatic rings. The molecule has 2 aromatic heterocycles. The molecule has 1 aliphatic carbocycles. The lowest BCUT2D eigenvalue weighted by molar-refractivity contribution is -0.117. The maximum absolute atomic E-state index is 13.2. The summed E-state index contributed by atoms with van der Waals surface area (Å²) >= 11 is 2.72. The highest BCUT2D eigenvalue weighted by molar-refractivity contribution is 7.99. The number of hydrogen-bond acceptors (Lipinski definition) is 6. The Balaban J connectivity index is 1.91. The molecular formula is C18H24N4O3S2. The minimum Gasteiger partial charge on any atom is -0.338 e. The predicted octanol–water partition coefficient (Wildman–Crippen LogP) is 3.13. The maximum atomic E-state index is 13.2. The Morgan fingerprint density at radius 3 is 2.67 bits per heavy atom. The molecule has 146 valence electrons. The summed E-state index contributed by atoms with van der Waals surface area (Å²) in [5, 5.41) is 6.06. The summed E-state index contributed by atoms with van der Waals surface area (Å²) in [5.74, 6) is -0.373. The Morgan fingerprint density at radius 1 is 1.30 bits per heavy atom. The van der Waals surface area contributed by atoms with Crippen molar-refractivity contribution in [2.45, 2.75) is 57.7 Å². The first-order valence-electron chi connectivity index (χ1n) is 9.15. The Kier molecular flexibility index (Phi) is 6.21. The zero-order chi connectivity index (χ0) is 19.6. The molecule has 27 heavy (non-hydrogen) atoms. The summed E-state index contributed by atoms with van der Waals surface area (Å²) in [6, 6.07) is -0.382. The molecule has 7 nitrogen and oxygen atoms in total. The number of urea groups is 1. The molecule has 0 aliphatic heterocycles. The van der Waals surface area contributed by atoms with Crippen LogP contribution in [0.4, 0.5) is 4.79 Å². The third-order valence-electron chi connectivity index (χ3n) is 4.82. The number of nitrogens with zero attached hydrogens (tertiary/aromatic N) is 2. The van der Waals surface area contributed by atoms with Crippen molar-refractivity contribution < 1.29 is 9.59 Å². The van der Waals surface area contributed by atoms with Crippen LogP contribution in [-0.4, -0.2) is 33.8 Å². The number of fused-ring (bicyclic) bond motifs is 1. The molecule has 0 unspecified atom stereocenters. The number of thiophene rings is 1. The summed E-state index contributed by atoms with van der Waals surface area (Å²) in [7, 11) is 0. The number of thioether (sulfide) groups is 1. The number of carbonyl (C=O) groups excluding carboxylic acids is 2. The molecule has 0 aromatic carbocycles. The van der Waals surface area contributed by atoms with Crippen LogP contribution in [0.15, 0.2) is 9.95 Å². The monoisotopic (exact) mass is 408 g/mol. The van der Waals surface area contributed by atoms with Gasteiger partial charge in [-0.1, -0.05) is 24.6 Å². The molecule has 9 heteroatoms. The third-order valence-corrected chi connectivity index (χ3v) is 6.87. The van der Waals surface area contributed by atoms with E-state index >= 15 is 0 Å². The summed E-state index contributed by atoms with van der Waals surface area (Å²) in [5.41, 5.74) is 0.977. The largest absolute Gasteiger partial charge is 0.338 e. The van der Waals surface area contributed by atoms with Gasteiger partial charge in [0.15, 0.2) is 5.16 Å². The van der Waals surface area contributed by atoms with Crippen LogP contribution in [0.25, 0.3) is 10.2 Å². The van der Waals surface area contributed by atoms with Crippen LogP contribution in [0, 0.1) is 13.8 Å². The SMILES string of the molecule is CCNC(=O)NC(=O)CSc1nc2sc(C)c(C)c2c(=O)n1C1CCCC1. The Bertz CT molecular complexity index is 929. The van der Waals surface area contributed by atoms with Gasteiger partial charge in [-0.3, -0.25) is 19.5 Å². The fourth-order valence-electron chi connectivity index (χ4n) is 3.37. The molecule has 1 aliphatic rings. The van der Waals surface area contributed by atoms with Gasteiger partial charge in [-0.25, -0.2) is 9.78 Å². The van der Waals surface area contributed by atoms with E-state index in [4.69, 9.17) is 4.98 Å². The molecule has 1 fully saturated rings. The Labute approximate surface area is 165 Å². The average Bonchev–Trinajstić information content (AvgIpc) is 3.22. The van der Waals surface area contributed by atoms with Crippen LogP contribution in [-0.2, 0) is 4.79 Å². The van der Waals surface area contributed by atoms with Crippen LogP contribution >= 0.6 is 23.1 Å². The highest BCUT2D eigenvalue weighted by Crippen LogP contribution is 2.34. The van der Waals surface area contributed by atoms with E-state index in [0.29, 0.717) is 17.1 Å². The van der Waals surface area contributed by atoms with E-state index in [9.17, 15) is 14.4 Å². The van der Waals surface area contributed by atoms with Gasteiger partial charge in [0.05, 0.1) is 11.1 Å². The minimum atomic E-state index is -0.510. The van der Waals surface area contributed by atoms with Gasteiger partial charge >= 0.3 is 6.03 Å². The van der Waals surface area contributed by atoms with Crippen molar-refractivity contribution in [1.82, 2.24) is 20.2 Å². The second-order valence-corrected chi connectivity index (χ2v) is 8.81. The summed E-state index contributed by atoms with van der Waals surface area (Å²) < 4.78 is 1.78. The zero-order valence-electron chi connectivity index (χ0n) is 15.8. The molecule has 0 atom stereocenters. The van der Waals surface area contributed by atoms with Crippen LogP contribution in [0.2, 0.25) is 0 Å². The smallest absolute Gasteiger partial charge is 0.321 e. The van der Waals surface area contributed by atoms with Gasteiger partial charge < -0.3 is 5.32 Å². The first-order valence-corrected chi connectivity index (χ1v) is 10.9. The van der Waals surface area contributed by atoms with Crippen LogP contribution in [0.5, 0.6) is 0 Å². The third kappa shape index (κ3) is 4.19. The predicted molar refractivity (Wildman–Crippen MR) is 109 cm³/mol. The number of aryl methyl sites for hydroxylation is 2. The van der Waals surface area contributed by atoms with E-state index in [1.807, 2.05) is 13.8 Å². The summed E-state index contributed by atoms with van der Waals surface area (Å²) in [6.45, 7) is 6.18. The van der Waals surface area contributed by atoms with Crippen LogP contribution < -0.4 is 16.2 Å². The van der Waals surface area contributed by atoms with E-state index in [-0.39, 0.29) is 17.4 Å². The van der Waals surface area contributed by atoms with E-state index in [1.165, 1.54) is 23.1 Å². The topological polar surface area (TPSA) is 93.1 Å². The van der Waals surface area contributed by atoms with Gasteiger partial charge in [-0.05, 0) is 39.2 Å². The molecule has 3 amide bonds. The second-order valence-electron chi connectivity index (χ2n) is 6.67. The fraction of sp³-hybridized carbons (Fsp3) is 0.556. The molecule has 0 radical (unpaired) electrons. The summed E-state index contributed by atoms with van der Waals surface area (Å²) in [4.78, 5) is 43.3. The van der Waals surface area contributed by atoms with Crippen molar-refractivity contribution in [2.75, 3.05) is 12.3 Å².